The average Bonchev–Trinajstić information content (AvgIpc) is 2.46. The van der Waals surface area contributed by atoms with E-state index in [-0.39, 0.29) is 0 Å². The van der Waals surface area contributed by atoms with Crippen molar-refractivity contribution < 1.29 is 4.74 Å². The Bertz CT molecular complexity index is 439. The van der Waals surface area contributed by atoms with Crippen LogP contribution in [-0.4, -0.2) is 30.7 Å². The average molecular weight is 258 g/mol. The minimum absolute atomic E-state index is 0.382. The Balaban J connectivity index is 1.89. The van der Waals surface area contributed by atoms with Crippen LogP contribution in [0.5, 0.6) is 0 Å². The van der Waals surface area contributed by atoms with Gasteiger partial charge in [0.25, 0.3) is 0 Å². The highest BCUT2D eigenvalue weighted by Crippen LogP contribution is 2.16. The molecule has 1 fully saturated rings. The topological polar surface area (TPSA) is 36.3 Å². The summed E-state index contributed by atoms with van der Waals surface area (Å²) in [6.07, 6.45) is 3.84. The number of ether oxygens (including phenoxy) is 1. The SMILES string of the molecule is CCCOC1CCCN(Cc2cccc(C#N)c2)C1. The summed E-state index contributed by atoms with van der Waals surface area (Å²) >= 11 is 0. The van der Waals surface area contributed by atoms with Crippen LogP contribution in [0.4, 0.5) is 0 Å². The zero-order valence-electron chi connectivity index (χ0n) is 11.6. The van der Waals surface area contributed by atoms with Crippen LogP contribution in [0.2, 0.25) is 0 Å². The highest BCUT2D eigenvalue weighted by molar-refractivity contribution is 5.32. The lowest BCUT2D eigenvalue weighted by molar-refractivity contribution is -0.00222. The van der Waals surface area contributed by atoms with E-state index in [9.17, 15) is 0 Å². The quantitative estimate of drug-likeness (QED) is 0.814. The predicted octanol–water partition coefficient (Wildman–Crippen LogP) is 2.95. The maximum absolute atomic E-state index is 8.92. The molecule has 3 nitrogen and oxygen atoms in total. The number of nitrogens with zero attached hydrogens (tertiary/aromatic N) is 2. The Morgan fingerprint density at radius 3 is 3.16 bits per heavy atom. The van der Waals surface area contributed by atoms with Crippen LogP contribution < -0.4 is 0 Å². The fraction of sp³-hybridized carbons (Fsp3) is 0.562. The fourth-order valence-corrected chi connectivity index (χ4v) is 2.57. The first-order valence-corrected chi connectivity index (χ1v) is 7.15. The van der Waals surface area contributed by atoms with Gasteiger partial charge in [-0.25, -0.2) is 0 Å². The third-order valence-corrected chi connectivity index (χ3v) is 3.48. The van der Waals surface area contributed by atoms with Crippen molar-refractivity contribution in [3.8, 4) is 6.07 Å². The number of nitriles is 1. The van der Waals surface area contributed by atoms with Gasteiger partial charge in [-0.2, -0.15) is 5.26 Å². The van der Waals surface area contributed by atoms with Crippen LogP contribution in [-0.2, 0) is 11.3 Å². The van der Waals surface area contributed by atoms with Crippen LogP contribution >= 0.6 is 0 Å². The molecule has 1 unspecified atom stereocenters. The molecule has 0 amide bonds. The summed E-state index contributed by atoms with van der Waals surface area (Å²) in [5, 5.41) is 8.92. The van der Waals surface area contributed by atoms with E-state index in [4.69, 9.17) is 10.00 Å². The number of benzene rings is 1. The van der Waals surface area contributed by atoms with Gasteiger partial charge in [0.1, 0.15) is 0 Å². The van der Waals surface area contributed by atoms with E-state index >= 15 is 0 Å². The van der Waals surface area contributed by atoms with Crippen LogP contribution in [0, 0.1) is 11.3 Å². The third kappa shape index (κ3) is 4.34. The van der Waals surface area contributed by atoms with Gasteiger partial charge in [-0.15, -0.1) is 0 Å². The molecule has 1 aliphatic rings. The van der Waals surface area contributed by atoms with E-state index in [1.54, 1.807) is 0 Å². The standard InChI is InChI=1S/C16H22N2O/c1-2-9-19-16-7-4-8-18(13-16)12-15-6-3-5-14(10-15)11-17/h3,5-6,10,16H,2,4,7-9,12-13H2,1H3. The minimum atomic E-state index is 0.382. The molecule has 0 bridgehead atoms. The van der Waals surface area contributed by atoms with Gasteiger partial charge in [-0.05, 0) is 43.5 Å². The van der Waals surface area contributed by atoms with E-state index in [1.807, 2.05) is 18.2 Å². The Kier molecular flexibility index (Phi) is 5.38. The second-order valence-electron chi connectivity index (χ2n) is 5.18. The molecule has 1 aromatic carbocycles. The van der Waals surface area contributed by atoms with Crippen molar-refractivity contribution >= 4 is 0 Å². The van der Waals surface area contributed by atoms with Crippen molar-refractivity contribution in [3.63, 3.8) is 0 Å². The van der Waals surface area contributed by atoms with Crippen molar-refractivity contribution in [2.75, 3.05) is 19.7 Å². The third-order valence-electron chi connectivity index (χ3n) is 3.48. The first kappa shape index (κ1) is 14.0. The molecule has 0 aliphatic carbocycles. The summed E-state index contributed by atoms with van der Waals surface area (Å²) < 4.78 is 5.85. The molecule has 19 heavy (non-hydrogen) atoms. The molecule has 102 valence electrons. The van der Waals surface area contributed by atoms with Crippen molar-refractivity contribution in [2.45, 2.75) is 38.8 Å². The lowest BCUT2D eigenvalue weighted by atomic mass is 10.1. The summed E-state index contributed by atoms with van der Waals surface area (Å²) in [6.45, 7) is 6.07. The summed E-state index contributed by atoms with van der Waals surface area (Å²) in [5.41, 5.74) is 1.96. The van der Waals surface area contributed by atoms with Gasteiger partial charge < -0.3 is 4.74 Å². The zero-order valence-corrected chi connectivity index (χ0v) is 11.6. The maximum atomic E-state index is 8.92. The highest BCUT2D eigenvalue weighted by Gasteiger charge is 2.20. The molecule has 1 aromatic rings. The van der Waals surface area contributed by atoms with E-state index in [0.717, 1.165) is 38.2 Å². The highest BCUT2D eigenvalue weighted by atomic mass is 16.5. The largest absolute Gasteiger partial charge is 0.377 e. The second-order valence-corrected chi connectivity index (χ2v) is 5.18. The van der Waals surface area contributed by atoms with Crippen molar-refractivity contribution in [1.29, 1.82) is 5.26 Å². The molecule has 3 heteroatoms. The number of likely N-dealkylation sites (tertiary alicyclic amines) is 1. The molecular weight excluding hydrogens is 236 g/mol. The molecule has 2 rings (SSSR count). The first-order valence-electron chi connectivity index (χ1n) is 7.15. The number of hydrogen-bond acceptors (Lipinski definition) is 3. The van der Waals surface area contributed by atoms with Gasteiger partial charge in [-0.1, -0.05) is 19.1 Å². The molecule has 0 N–H and O–H groups in total. The van der Waals surface area contributed by atoms with E-state index in [0.29, 0.717) is 6.10 Å². The summed E-state index contributed by atoms with van der Waals surface area (Å²) in [6, 6.07) is 10.1. The molecule has 0 aromatic heterocycles. The van der Waals surface area contributed by atoms with Gasteiger partial charge in [0, 0.05) is 19.7 Å². The molecular formula is C16H22N2O. The van der Waals surface area contributed by atoms with Crippen molar-refractivity contribution in [1.82, 2.24) is 4.90 Å². The first-order chi connectivity index (χ1) is 9.31. The Morgan fingerprint density at radius 1 is 1.47 bits per heavy atom. The second kappa shape index (κ2) is 7.28. The van der Waals surface area contributed by atoms with Gasteiger partial charge in [0.2, 0.25) is 0 Å². The van der Waals surface area contributed by atoms with Crippen LogP contribution in [0.15, 0.2) is 24.3 Å². The predicted molar refractivity (Wildman–Crippen MR) is 75.7 cm³/mol. The van der Waals surface area contributed by atoms with Crippen molar-refractivity contribution in [3.05, 3.63) is 35.4 Å². The van der Waals surface area contributed by atoms with Gasteiger partial charge in [0.05, 0.1) is 17.7 Å². The van der Waals surface area contributed by atoms with Gasteiger partial charge >= 0.3 is 0 Å². The summed E-state index contributed by atoms with van der Waals surface area (Å²) in [5.74, 6) is 0. The monoisotopic (exact) mass is 258 g/mol. The molecule has 1 saturated heterocycles. The normalized spacial score (nSPS) is 20.1. The molecule has 1 heterocycles. The summed E-state index contributed by atoms with van der Waals surface area (Å²) in [4.78, 5) is 2.43. The lowest BCUT2D eigenvalue weighted by Gasteiger charge is -2.32. The van der Waals surface area contributed by atoms with Crippen LogP contribution in [0.1, 0.15) is 37.3 Å². The van der Waals surface area contributed by atoms with Crippen molar-refractivity contribution in [2.24, 2.45) is 0 Å². The van der Waals surface area contributed by atoms with E-state index in [2.05, 4.69) is 24.0 Å². The Hall–Kier alpha value is -1.37. The van der Waals surface area contributed by atoms with Gasteiger partial charge in [-0.3, -0.25) is 4.90 Å². The van der Waals surface area contributed by atoms with Crippen LogP contribution in [0.3, 0.4) is 0 Å². The smallest absolute Gasteiger partial charge is 0.0991 e. The Morgan fingerprint density at radius 2 is 2.37 bits per heavy atom. The molecule has 0 radical (unpaired) electrons. The number of hydrogen-bond donors (Lipinski definition) is 0. The fourth-order valence-electron chi connectivity index (χ4n) is 2.57. The number of piperidine rings is 1. The summed E-state index contributed by atoms with van der Waals surface area (Å²) in [7, 11) is 0. The lowest BCUT2D eigenvalue weighted by Crippen LogP contribution is -2.39. The van der Waals surface area contributed by atoms with E-state index in [1.165, 1.54) is 18.4 Å². The molecule has 0 saturated carbocycles. The van der Waals surface area contributed by atoms with E-state index < -0.39 is 0 Å². The van der Waals surface area contributed by atoms with Crippen LogP contribution in [0.25, 0.3) is 0 Å². The number of rotatable bonds is 5. The molecule has 0 spiro atoms. The van der Waals surface area contributed by atoms with Gasteiger partial charge in [0.15, 0.2) is 0 Å². The molecule has 1 atom stereocenters. The molecule has 1 aliphatic heterocycles. The maximum Gasteiger partial charge on any atom is 0.0991 e. The zero-order chi connectivity index (χ0) is 13.5. The minimum Gasteiger partial charge on any atom is -0.377 e. The Labute approximate surface area is 115 Å².